The second-order valence-corrected chi connectivity index (χ2v) is 5.89. The Kier molecular flexibility index (Phi) is 3.56. The van der Waals surface area contributed by atoms with E-state index < -0.39 is 0 Å². The van der Waals surface area contributed by atoms with Crippen molar-refractivity contribution in [2.75, 3.05) is 5.32 Å². The van der Waals surface area contributed by atoms with Gasteiger partial charge in [0.25, 0.3) is 0 Å². The van der Waals surface area contributed by atoms with Gasteiger partial charge in [-0.2, -0.15) is 5.26 Å². The SMILES string of the molecule is Cc1ccnc(NC2CCCCC2(C)C)c1C#N. The molecule has 96 valence electrons. The second-order valence-electron chi connectivity index (χ2n) is 5.89. The Bertz CT molecular complexity index is 471. The molecule has 1 unspecified atom stereocenters. The molecule has 3 nitrogen and oxygen atoms in total. The van der Waals surface area contributed by atoms with Crippen molar-refractivity contribution in [3.63, 3.8) is 0 Å². The monoisotopic (exact) mass is 243 g/mol. The van der Waals surface area contributed by atoms with Gasteiger partial charge in [-0.1, -0.05) is 26.7 Å². The maximum atomic E-state index is 9.23. The molecule has 0 bridgehead atoms. The highest BCUT2D eigenvalue weighted by molar-refractivity contribution is 5.56. The van der Waals surface area contributed by atoms with Crippen LogP contribution in [0.25, 0.3) is 0 Å². The zero-order valence-corrected chi connectivity index (χ0v) is 11.5. The van der Waals surface area contributed by atoms with Crippen molar-refractivity contribution >= 4 is 5.82 Å². The van der Waals surface area contributed by atoms with Crippen molar-refractivity contribution in [3.05, 3.63) is 23.4 Å². The lowest BCUT2D eigenvalue weighted by atomic mass is 9.73. The van der Waals surface area contributed by atoms with Gasteiger partial charge in [0.2, 0.25) is 0 Å². The Hall–Kier alpha value is -1.56. The molecule has 1 aromatic rings. The Labute approximate surface area is 109 Å². The van der Waals surface area contributed by atoms with Crippen LogP contribution in [0.5, 0.6) is 0 Å². The van der Waals surface area contributed by atoms with Gasteiger partial charge in [0, 0.05) is 12.2 Å². The summed E-state index contributed by atoms with van der Waals surface area (Å²) in [6.07, 6.45) is 6.73. The van der Waals surface area contributed by atoms with Crippen molar-refractivity contribution in [2.45, 2.75) is 52.5 Å². The first-order chi connectivity index (χ1) is 8.54. The number of rotatable bonds is 2. The minimum absolute atomic E-state index is 0.274. The smallest absolute Gasteiger partial charge is 0.144 e. The van der Waals surface area contributed by atoms with E-state index in [1.165, 1.54) is 19.3 Å². The molecule has 0 amide bonds. The molecule has 1 saturated carbocycles. The molecule has 2 rings (SSSR count). The molecule has 0 saturated heterocycles. The summed E-state index contributed by atoms with van der Waals surface area (Å²) in [5.74, 6) is 0.748. The number of hydrogen-bond donors (Lipinski definition) is 1. The van der Waals surface area contributed by atoms with Gasteiger partial charge in [-0.3, -0.25) is 0 Å². The van der Waals surface area contributed by atoms with Crippen LogP contribution in [-0.2, 0) is 0 Å². The fraction of sp³-hybridized carbons (Fsp3) is 0.600. The number of nitrogens with zero attached hydrogens (tertiary/aromatic N) is 2. The van der Waals surface area contributed by atoms with Gasteiger partial charge in [-0.05, 0) is 36.8 Å². The summed E-state index contributed by atoms with van der Waals surface area (Å²) in [5, 5.41) is 12.7. The van der Waals surface area contributed by atoms with E-state index in [2.05, 4.69) is 30.2 Å². The van der Waals surface area contributed by atoms with Crippen molar-refractivity contribution in [1.82, 2.24) is 4.98 Å². The summed E-state index contributed by atoms with van der Waals surface area (Å²) in [4.78, 5) is 4.34. The average molecular weight is 243 g/mol. The predicted molar refractivity (Wildman–Crippen MR) is 73.3 cm³/mol. The first-order valence-corrected chi connectivity index (χ1v) is 6.67. The van der Waals surface area contributed by atoms with Crippen LogP contribution in [0.15, 0.2) is 12.3 Å². The van der Waals surface area contributed by atoms with Gasteiger partial charge in [0.15, 0.2) is 0 Å². The average Bonchev–Trinajstić information content (AvgIpc) is 2.32. The molecule has 3 heteroatoms. The van der Waals surface area contributed by atoms with E-state index in [1.54, 1.807) is 6.20 Å². The van der Waals surface area contributed by atoms with Crippen LogP contribution in [0.3, 0.4) is 0 Å². The van der Waals surface area contributed by atoms with E-state index in [0.29, 0.717) is 11.6 Å². The summed E-state index contributed by atoms with van der Waals surface area (Å²) in [7, 11) is 0. The number of nitriles is 1. The Morgan fingerprint density at radius 2 is 2.22 bits per heavy atom. The summed E-state index contributed by atoms with van der Waals surface area (Å²) in [6.45, 7) is 6.55. The summed E-state index contributed by atoms with van der Waals surface area (Å²) >= 11 is 0. The molecule has 0 aliphatic heterocycles. The summed E-state index contributed by atoms with van der Waals surface area (Å²) in [5.41, 5.74) is 1.94. The minimum atomic E-state index is 0.274. The number of pyridine rings is 1. The van der Waals surface area contributed by atoms with Gasteiger partial charge in [0.1, 0.15) is 11.9 Å². The molecule has 1 fully saturated rings. The van der Waals surface area contributed by atoms with Crippen LogP contribution >= 0.6 is 0 Å². The van der Waals surface area contributed by atoms with E-state index in [-0.39, 0.29) is 5.41 Å². The molecule has 1 aliphatic carbocycles. The highest BCUT2D eigenvalue weighted by Gasteiger charge is 2.32. The molecule has 1 aliphatic rings. The lowest BCUT2D eigenvalue weighted by Crippen LogP contribution is -2.39. The Morgan fingerprint density at radius 3 is 2.89 bits per heavy atom. The number of hydrogen-bond acceptors (Lipinski definition) is 3. The zero-order valence-electron chi connectivity index (χ0n) is 11.5. The van der Waals surface area contributed by atoms with Crippen molar-refractivity contribution < 1.29 is 0 Å². The van der Waals surface area contributed by atoms with Crippen molar-refractivity contribution in [3.8, 4) is 6.07 Å². The topological polar surface area (TPSA) is 48.7 Å². The van der Waals surface area contributed by atoms with E-state index in [9.17, 15) is 5.26 Å². The molecule has 1 atom stereocenters. The molecule has 1 aromatic heterocycles. The largest absolute Gasteiger partial charge is 0.366 e. The van der Waals surface area contributed by atoms with Crippen LogP contribution in [0, 0.1) is 23.7 Å². The van der Waals surface area contributed by atoms with Gasteiger partial charge in [-0.15, -0.1) is 0 Å². The normalized spacial score (nSPS) is 22.2. The number of aryl methyl sites for hydroxylation is 1. The van der Waals surface area contributed by atoms with Gasteiger partial charge >= 0.3 is 0 Å². The van der Waals surface area contributed by atoms with Crippen LogP contribution in [0.1, 0.15) is 50.7 Å². The highest BCUT2D eigenvalue weighted by Crippen LogP contribution is 2.37. The lowest BCUT2D eigenvalue weighted by molar-refractivity contribution is 0.216. The first kappa shape index (κ1) is 12.9. The number of anilines is 1. The first-order valence-electron chi connectivity index (χ1n) is 6.67. The van der Waals surface area contributed by atoms with E-state index >= 15 is 0 Å². The highest BCUT2D eigenvalue weighted by atomic mass is 15.0. The quantitative estimate of drug-likeness (QED) is 0.862. The van der Waals surface area contributed by atoms with Gasteiger partial charge in [0.05, 0.1) is 5.56 Å². The second kappa shape index (κ2) is 4.97. The molecule has 0 radical (unpaired) electrons. The standard InChI is InChI=1S/C15H21N3/c1-11-7-9-17-14(12(11)10-16)18-13-6-4-5-8-15(13,2)3/h7,9,13H,4-6,8H2,1-3H3,(H,17,18). The fourth-order valence-corrected chi connectivity index (χ4v) is 2.74. The molecule has 0 spiro atoms. The van der Waals surface area contributed by atoms with Gasteiger partial charge in [-0.25, -0.2) is 4.98 Å². The van der Waals surface area contributed by atoms with Crippen LogP contribution < -0.4 is 5.32 Å². The maximum absolute atomic E-state index is 9.23. The molecule has 1 N–H and O–H groups in total. The third-order valence-electron chi connectivity index (χ3n) is 4.09. The predicted octanol–water partition coefficient (Wildman–Crippen LogP) is 3.64. The minimum Gasteiger partial charge on any atom is -0.366 e. The summed E-state index contributed by atoms with van der Waals surface area (Å²) < 4.78 is 0. The van der Waals surface area contributed by atoms with Crippen molar-refractivity contribution in [2.24, 2.45) is 5.41 Å². The third-order valence-corrected chi connectivity index (χ3v) is 4.09. The summed E-state index contributed by atoms with van der Waals surface area (Å²) in [6, 6.07) is 4.55. The van der Waals surface area contributed by atoms with E-state index in [0.717, 1.165) is 17.8 Å². The third kappa shape index (κ3) is 2.48. The molecular weight excluding hydrogens is 222 g/mol. The Balaban J connectivity index is 2.24. The van der Waals surface area contributed by atoms with Crippen LogP contribution in [0.4, 0.5) is 5.82 Å². The lowest BCUT2D eigenvalue weighted by Gasteiger charge is -2.39. The molecular formula is C15H21N3. The van der Waals surface area contributed by atoms with Gasteiger partial charge < -0.3 is 5.32 Å². The maximum Gasteiger partial charge on any atom is 0.144 e. The fourth-order valence-electron chi connectivity index (χ4n) is 2.74. The number of nitrogens with one attached hydrogen (secondary N) is 1. The molecule has 0 aromatic carbocycles. The molecule has 1 heterocycles. The van der Waals surface area contributed by atoms with E-state index in [4.69, 9.17) is 0 Å². The zero-order chi connectivity index (χ0) is 13.2. The Morgan fingerprint density at radius 1 is 1.44 bits per heavy atom. The van der Waals surface area contributed by atoms with Crippen LogP contribution in [0.2, 0.25) is 0 Å². The van der Waals surface area contributed by atoms with E-state index in [1.807, 2.05) is 13.0 Å². The number of aromatic nitrogens is 1. The van der Waals surface area contributed by atoms with Crippen molar-refractivity contribution in [1.29, 1.82) is 5.26 Å². The van der Waals surface area contributed by atoms with Crippen LogP contribution in [-0.4, -0.2) is 11.0 Å². The molecule has 18 heavy (non-hydrogen) atoms.